The van der Waals surface area contributed by atoms with Crippen molar-refractivity contribution in [1.82, 2.24) is 4.98 Å². The first-order valence-electron chi connectivity index (χ1n) is 7.73. The molecule has 0 aliphatic rings. The molecule has 0 saturated carbocycles. The Morgan fingerprint density at radius 1 is 1.13 bits per heavy atom. The predicted molar refractivity (Wildman–Crippen MR) is 90.7 cm³/mol. The van der Waals surface area contributed by atoms with E-state index in [0.29, 0.717) is 16.0 Å². The molecule has 2 aromatic rings. The largest absolute Gasteiger partial charge is 0.474 e. The Balaban J connectivity index is 2.69. The minimum absolute atomic E-state index is 0.102. The maximum absolute atomic E-state index is 13.2. The average Bonchev–Trinajstić information content (AvgIpc) is 2.46. The van der Waals surface area contributed by atoms with E-state index in [9.17, 15) is 8.42 Å². The van der Waals surface area contributed by atoms with Crippen LogP contribution in [0, 0.1) is 20.8 Å². The summed E-state index contributed by atoms with van der Waals surface area (Å²) < 4.78 is 32.1. The lowest BCUT2D eigenvalue weighted by atomic mass is 10.2. The minimum Gasteiger partial charge on any atom is -0.474 e. The third-order valence-electron chi connectivity index (χ3n) is 3.80. The molecule has 2 rings (SSSR count). The number of nitrogens with zero attached hydrogens (tertiary/aromatic N) is 1. The Hall–Kier alpha value is -1.88. The molecule has 0 spiro atoms. The highest BCUT2D eigenvalue weighted by atomic mass is 32.2. The van der Waals surface area contributed by atoms with Crippen molar-refractivity contribution in [2.24, 2.45) is 0 Å². The zero-order valence-corrected chi connectivity index (χ0v) is 15.1. The summed E-state index contributed by atoms with van der Waals surface area (Å²) in [5.74, 6) is 0.195. The molecular weight excluding hydrogens is 310 g/mol. The molecule has 1 aromatic carbocycles. The van der Waals surface area contributed by atoms with Crippen molar-refractivity contribution in [2.45, 2.75) is 56.9 Å². The molecule has 0 unspecified atom stereocenters. The number of ether oxygens (including phenoxy) is 1. The second kappa shape index (κ2) is 6.71. The van der Waals surface area contributed by atoms with Crippen LogP contribution in [0.1, 0.15) is 37.1 Å². The molecule has 0 bridgehead atoms. The Labute approximate surface area is 138 Å². The fraction of sp³-hybridized carbons (Fsp3) is 0.389. The number of benzene rings is 1. The summed E-state index contributed by atoms with van der Waals surface area (Å²) in [6.45, 7) is 9.30. The zero-order chi connectivity index (χ0) is 17.2. The molecule has 0 N–H and O–H groups in total. The highest BCUT2D eigenvalue weighted by Crippen LogP contribution is 2.33. The lowest BCUT2D eigenvalue weighted by Crippen LogP contribution is -2.16. The molecule has 0 amide bonds. The lowest BCUT2D eigenvalue weighted by molar-refractivity contribution is 0.202. The summed E-state index contributed by atoms with van der Waals surface area (Å²) in [6.07, 6.45) is 0.674. The van der Waals surface area contributed by atoms with Crippen LogP contribution >= 0.6 is 0 Å². The van der Waals surface area contributed by atoms with Crippen molar-refractivity contribution in [2.75, 3.05) is 0 Å². The SMILES string of the molecule is CC[C@H](C)Oc1nc(C)cc(C)c1S(=O)(=O)c1ccccc1C. The molecular formula is C18H23NO3S. The molecule has 124 valence electrons. The van der Waals surface area contributed by atoms with Crippen molar-refractivity contribution in [3.63, 3.8) is 0 Å². The van der Waals surface area contributed by atoms with Gasteiger partial charge in [-0.25, -0.2) is 13.4 Å². The third-order valence-corrected chi connectivity index (χ3v) is 5.87. The quantitative estimate of drug-likeness (QED) is 0.829. The van der Waals surface area contributed by atoms with Crippen LogP contribution in [-0.2, 0) is 9.84 Å². The predicted octanol–water partition coefficient (Wildman–Crippen LogP) is 4.02. The van der Waals surface area contributed by atoms with Crippen LogP contribution < -0.4 is 4.74 Å². The van der Waals surface area contributed by atoms with Gasteiger partial charge >= 0.3 is 0 Å². The summed E-state index contributed by atoms with van der Waals surface area (Å²) in [7, 11) is -3.69. The Morgan fingerprint density at radius 2 is 1.78 bits per heavy atom. The van der Waals surface area contributed by atoms with Crippen LogP contribution in [0.25, 0.3) is 0 Å². The fourth-order valence-corrected chi connectivity index (χ4v) is 4.22. The van der Waals surface area contributed by atoms with Crippen molar-refractivity contribution in [3.8, 4) is 5.88 Å². The maximum Gasteiger partial charge on any atom is 0.233 e. The number of aromatic nitrogens is 1. The lowest BCUT2D eigenvalue weighted by Gasteiger charge is -2.18. The number of pyridine rings is 1. The summed E-state index contributed by atoms with van der Waals surface area (Å²) >= 11 is 0. The van der Waals surface area contributed by atoms with Crippen LogP contribution in [-0.4, -0.2) is 19.5 Å². The number of hydrogen-bond donors (Lipinski definition) is 0. The van der Waals surface area contributed by atoms with Gasteiger partial charge in [-0.05, 0) is 57.4 Å². The van der Waals surface area contributed by atoms with Crippen molar-refractivity contribution >= 4 is 9.84 Å². The highest BCUT2D eigenvalue weighted by Gasteiger charge is 2.28. The van der Waals surface area contributed by atoms with Gasteiger partial charge in [-0.15, -0.1) is 0 Å². The van der Waals surface area contributed by atoms with E-state index in [4.69, 9.17) is 4.74 Å². The highest BCUT2D eigenvalue weighted by molar-refractivity contribution is 7.91. The molecule has 0 radical (unpaired) electrons. The first kappa shape index (κ1) is 17.5. The fourth-order valence-electron chi connectivity index (χ4n) is 2.44. The van der Waals surface area contributed by atoms with Gasteiger partial charge in [0.05, 0.1) is 11.0 Å². The number of sulfone groups is 1. The standard InChI is InChI=1S/C18H23NO3S/c1-6-15(5)22-18-17(13(3)11-14(4)19-18)23(20,21)16-10-8-7-9-12(16)2/h7-11,15H,6H2,1-5H3/t15-/m0/s1. The van der Waals surface area contributed by atoms with E-state index in [2.05, 4.69) is 4.98 Å². The summed E-state index contributed by atoms with van der Waals surface area (Å²) in [5.41, 5.74) is 2.10. The van der Waals surface area contributed by atoms with Gasteiger partial charge in [0.15, 0.2) is 0 Å². The van der Waals surface area contributed by atoms with Gasteiger partial charge in [0, 0.05) is 5.69 Å². The second-order valence-corrected chi connectivity index (χ2v) is 7.68. The Morgan fingerprint density at radius 3 is 2.39 bits per heavy atom. The molecule has 23 heavy (non-hydrogen) atoms. The van der Waals surface area contributed by atoms with E-state index >= 15 is 0 Å². The minimum atomic E-state index is -3.69. The van der Waals surface area contributed by atoms with Crippen molar-refractivity contribution in [1.29, 1.82) is 0 Å². The van der Waals surface area contributed by atoms with Gasteiger partial charge in [-0.2, -0.15) is 0 Å². The Bertz CT molecular complexity index is 813. The zero-order valence-electron chi connectivity index (χ0n) is 14.3. The number of aryl methyl sites for hydroxylation is 3. The molecule has 0 aliphatic heterocycles. The van der Waals surface area contributed by atoms with E-state index in [1.165, 1.54) is 0 Å². The molecule has 0 fully saturated rings. The van der Waals surface area contributed by atoms with Crippen LogP contribution in [0.2, 0.25) is 0 Å². The summed E-state index contributed by atoms with van der Waals surface area (Å²) in [4.78, 5) is 4.80. The van der Waals surface area contributed by atoms with Gasteiger partial charge in [0.25, 0.3) is 0 Å². The third kappa shape index (κ3) is 3.55. The van der Waals surface area contributed by atoms with E-state index in [-0.39, 0.29) is 16.9 Å². The van der Waals surface area contributed by atoms with Crippen LogP contribution in [0.3, 0.4) is 0 Å². The first-order valence-corrected chi connectivity index (χ1v) is 9.21. The van der Waals surface area contributed by atoms with E-state index in [0.717, 1.165) is 12.1 Å². The first-order chi connectivity index (χ1) is 10.8. The molecule has 1 atom stereocenters. The van der Waals surface area contributed by atoms with E-state index in [1.807, 2.05) is 26.8 Å². The Kier molecular flexibility index (Phi) is 5.09. The van der Waals surface area contributed by atoms with Crippen molar-refractivity contribution in [3.05, 3.63) is 47.2 Å². The molecule has 5 heteroatoms. The van der Waals surface area contributed by atoms with E-state index < -0.39 is 9.84 Å². The topological polar surface area (TPSA) is 56.3 Å². The molecule has 0 saturated heterocycles. The van der Waals surface area contributed by atoms with E-state index in [1.54, 1.807) is 38.1 Å². The van der Waals surface area contributed by atoms with Crippen molar-refractivity contribution < 1.29 is 13.2 Å². The van der Waals surface area contributed by atoms with Crippen LogP contribution in [0.15, 0.2) is 40.1 Å². The van der Waals surface area contributed by atoms with Gasteiger partial charge in [0.1, 0.15) is 4.90 Å². The summed E-state index contributed by atoms with van der Waals surface area (Å²) in [6, 6.07) is 8.74. The molecule has 0 aliphatic carbocycles. The van der Waals surface area contributed by atoms with Gasteiger partial charge < -0.3 is 4.74 Å². The maximum atomic E-state index is 13.2. The second-order valence-electron chi connectivity index (χ2n) is 5.82. The average molecular weight is 333 g/mol. The molecule has 4 nitrogen and oxygen atoms in total. The van der Waals surface area contributed by atoms with Gasteiger partial charge in [-0.1, -0.05) is 25.1 Å². The normalized spacial score (nSPS) is 12.9. The van der Waals surface area contributed by atoms with Crippen LogP contribution in [0.5, 0.6) is 5.88 Å². The monoisotopic (exact) mass is 333 g/mol. The smallest absolute Gasteiger partial charge is 0.233 e. The molecule has 1 aromatic heterocycles. The van der Waals surface area contributed by atoms with Crippen LogP contribution in [0.4, 0.5) is 0 Å². The molecule has 1 heterocycles. The van der Waals surface area contributed by atoms with Gasteiger partial charge in [-0.3, -0.25) is 0 Å². The summed E-state index contributed by atoms with van der Waals surface area (Å²) in [5, 5.41) is 0. The number of hydrogen-bond acceptors (Lipinski definition) is 4. The van der Waals surface area contributed by atoms with Gasteiger partial charge in [0.2, 0.25) is 15.7 Å². The number of rotatable bonds is 5.